The van der Waals surface area contributed by atoms with E-state index in [1.807, 2.05) is 24.3 Å². The lowest BCUT2D eigenvalue weighted by molar-refractivity contribution is 0.265. The summed E-state index contributed by atoms with van der Waals surface area (Å²) in [6.45, 7) is 3.82. The number of hydrogen-bond donors (Lipinski definition) is 1. The quantitative estimate of drug-likeness (QED) is 0.823. The Kier molecular flexibility index (Phi) is 5.57. The van der Waals surface area contributed by atoms with Crippen molar-refractivity contribution in [3.63, 3.8) is 0 Å². The highest BCUT2D eigenvalue weighted by atomic mass is 35.5. The largest absolute Gasteiger partial charge is 0.369 e. The third-order valence-electron chi connectivity index (χ3n) is 4.62. The van der Waals surface area contributed by atoms with Crippen LogP contribution < -0.4 is 10.2 Å². The number of benzene rings is 2. The maximum absolute atomic E-state index is 15.0. The summed E-state index contributed by atoms with van der Waals surface area (Å²) in [4.78, 5) is 2.28. The molecule has 0 spiro atoms. The summed E-state index contributed by atoms with van der Waals surface area (Å²) < 4.78 is 15.0. The number of nitriles is 1. The van der Waals surface area contributed by atoms with Crippen LogP contribution >= 0.6 is 11.6 Å². The van der Waals surface area contributed by atoms with E-state index in [0.29, 0.717) is 17.5 Å². The Labute approximate surface area is 153 Å². The number of halogens is 2. The Morgan fingerprint density at radius 2 is 1.80 bits per heavy atom. The molecule has 130 valence electrons. The third-order valence-corrected chi connectivity index (χ3v) is 5.03. The molecule has 1 unspecified atom stereocenters. The molecule has 1 aliphatic heterocycles. The number of nitrogens with zero attached hydrogens (tertiary/aromatic N) is 2. The van der Waals surface area contributed by atoms with E-state index in [1.54, 1.807) is 24.3 Å². The highest BCUT2D eigenvalue weighted by Gasteiger charge is 2.29. The first kappa shape index (κ1) is 17.7. The number of rotatable bonds is 5. The van der Waals surface area contributed by atoms with Crippen LogP contribution in [-0.4, -0.2) is 26.2 Å². The third kappa shape index (κ3) is 4.31. The molecule has 2 aromatic carbocycles. The van der Waals surface area contributed by atoms with Gasteiger partial charge in [-0.05, 0) is 30.2 Å². The van der Waals surface area contributed by atoms with Crippen LogP contribution in [0, 0.1) is 11.3 Å². The molecular formula is C20H21ClFN3. The van der Waals surface area contributed by atoms with E-state index in [0.717, 1.165) is 37.4 Å². The molecular weight excluding hydrogens is 337 g/mol. The highest BCUT2D eigenvalue weighted by molar-refractivity contribution is 6.22. The minimum Gasteiger partial charge on any atom is -0.369 e. The topological polar surface area (TPSA) is 39.1 Å². The van der Waals surface area contributed by atoms with E-state index in [-0.39, 0.29) is 6.42 Å². The van der Waals surface area contributed by atoms with Crippen molar-refractivity contribution in [3.05, 3.63) is 65.2 Å². The smallest absolute Gasteiger partial charge is 0.209 e. The van der Waals surface area contributed by atoms with Gasteiger partial charge in [0.15, 0.2) is 0 Å². The number of nitrogens with one attached hydrogen (secondary N) is 1. The van der Waals surface area contributed by atoms with Crippen molar-refractivity contribution in [1.29, 1.82) is 5.26 Å². The van der Waals surface area contributed by atoms with Gasteiger partial charge in [0, 0.05) is 43.9 Å². The molecule has 1 aliphatic rings. The van der Waals surface area contributed by atoms with Gasteiger partial charge in [0.1, 0.15) is 0 Å². The van der Waals surface area contributed by atoms with Gasteiger partial charge in [-0.15, -0.1) is 0 Å². The van der Waals surface area contributed by atoms with E-state index in [1.165, 1.54) is 0 Å². The Balaban J connectivity index is 1.68. The first-order valence-electron chi connectivity index (χ1n) is 8.52. The Bertz CT molecular complexity index is 746. The molecule has 5 heteroatoms. The molecule has 0 saturated carbocycles. The second kappa shape index (κ2) is 7.86. The molecule has 3 nitrogen and oxygen atoms in total. The first-order chi connectivity index (χ1) is 12.1. The molecule has 1 N–H and O–H groups in total. The number of hydrogen-bond acceptors (Lipinski definition) is 3. The Morgan fingerprint density at radius 1 is 1.12 bits per heavy atom. The van der Waals surface area contributed by atoms with Crippen LogP contribution in [0.2, 0.25) is 0 Å². The van der Waals surface area contributed by atoms with E-state index in [9.17, 15) is 4.39 Å². The lowest BCUT2D eigenvalue weighted by Gasteiger charge is -2.30. The molecule has 2 aromatic rings. The minimum absolute atomic E-state index is 0.125. The van der Waals surface area contributed by atoms with Gasteiger partial charge in [0.05, 0.1) is 11.6 Å². The fraction of sp³-hybridized carbons (Fsp3) is 0.350. The van der Waals surface area contributed by atoms with Crippen molar-refractivity contribution in [2.45, 2.75) is 18.0 Å². The Morgan fingerprint density at radius 3 is 2.48 bits per heavy atom. The molecule has 0 amide bonds. The summed E-state index contributed by atoms with van der Waals surface area (Å²) in [6.07, 6.45) is 0.545. The second-order valence-electron chi connectivity index (χ2n) is 6.26. The molecule has 3 rings (SSSR count). The summed E-state index contributed by atoms with van der Waals surface area (Å²) in [7, 11) is 0. The maximum atomic E-state index is 15.0. The molecule has 0 bridgehead atoms. The predicted octanol–water partition coefficient (Wildman–Crippen LogP) is 3.96. The molecule has 0 aliphatic carbocycles. The molecule has 1 atom stereocenters. The zero-order chi connectivity index (χ0) is 17.7. The molecule has 0 aromatic heterocycles. The zero-order valence-electron chi connectivity index (χ0n) is 14.0. The van der Waals surface area contributed by atoms with E-state index in [2.05, 4.69) is 16.3 Å². The fourth-order valence-electron chi connectivity index (χ4n) is 3.12. The Hall–Kier alpha value is -2.09. The van der Waals surface area contributed by atoms with Crippen molar-refractivity contribution in [3.8, 4) is 6.07 Å². The summed E-state index contributed by atoms with van der Waals surface area (Å²) >= 11 is 6.17. The molecule has 25 heavy (non-hydrogen) atoms. The van der Waals surface area contributed by atoms with Crippen molar-refractivity contribution in [2.24, 2.45) is 0 Å². The van der Waals surface area contributed by atoms with Crippen LogP contribution in [-0.2, 0) is 11.5 Å². The van der Waals surface area contributed by atoms with E-state index < -0.39 is 5.13 Å². The van der Waals surface area contributed by atoms with Gasteiger partial charge < -0.3 is 10.2 Å². The van der Waals surface area contributed by atoms with Crippen LogP contribution in [0.25, 0.3) is 0 Å². The monoisotopic (exact) mass is 357 g/mol. The predicted molar refractivity (Wildman–Crippen MR) is 99.6 cm³/mol. The standard InChI is InChI=1S/C20H21ClFN3/c21-20(22,10-9-16-3-1-2-4-17(16)15-23)18-5-7-19(8-6-18)25-13-11-24-12-14-25/h1-8,24H,9-14H2. The summed E-state index contributed by atoms with van der Waals surface area (Å²) in [5.74, 6) is 0. The summed E-state index contributed by atoms with van der Waals surface area (Å²) in [5.41, 5.74) is 2.95. The lowest BCUT2D eigenvalue weighted by atomic mass is 9.98. The number of piperazine rings is 1. The summed E-state index contributed by atoms with van der Waals surface area (Å²) in [5, 5.41) is 10.5. The van der Waals surface area contributed by atoms with E-state index >= 15 is 0 Å². The zero-order valence-corrected chi connectivity index (χ0v) is 14.8. The first-order valence-corrected chi connectivity index (χ1v) is 8.90. The van der Waals surface area contributed by atoms with Crippen LogP contribution in [0.5, 0.6) is 0 Å². The highest BCUT2D eigenvalue weighted by Crippen LogP contribution is 2.36. The van der Waals surface area contributed by atoms with Crippen molar-refractivity contribution in [1.82, 2.24) is 5.32 Å². The van der Waals surface area contributed by atoms with Crippen molar-refractivity contribution >= 4 is 17.3 Å². The van der Waals surface area contributed by atoms with Crippen LogP contribution in [0.1, 0.15) is 23.1 Å². The number of aryl methyl sites for hydroxylation is 1. The fourth-order valence-corrected chi connectivity index (χ4v) is 3.34. The molecule has 1 fully saturated rings. The second-order valence-corrected chi connectivity index (χ2v) is 6.86. The van der Waals surface area contributed by atoms with Gasteiger partial charge in [-0.1, -0.05) is 41.9 Å². The lowest BCUT2D eigenvalue weighted by Crippen LogP contribution is -2.43. The van der Waals surface area contributed by atoms with Gasteiger partial charge in [-0.25, -0.2) is 4.39 Å². The molecule has 1 saturated heterocycles. The molecule has 0 radical (unpaired) electrons. The van der Waals surface area contributed by atoms with Gasteiger partial charge in [0.2, 0.25) is 5.13 Å². The SMILES string of the molecule is N#Cc1ccccc1CCC(F)(Cl)c1ccc(N2CCNCC2)cc1. The average Bonchev–Trinajstić information content (AvgIpc) is 2.67. The minimum atomic E-state index is -1.94. The van der Waals surface area contributed by atoms with E-state index in [4.69, 9.17) is 16.9 Å². The number of alkyl halides is 2. The summed E-state index contributed by atoms with van der Waals surface area (Å²) in [6, 6.07) is 16.8. The van der Waals surface area contributed by atoms with Gasteiger partial charge >= 0.3 is 0 Å². The van der Waals surface area contributed by atoms with Gasteiger partial charge in [-0.3, -0.25) is 0 Å². The van der Waals surface area contributed by atoms with Crippen LogP contribution in [0.3, 0.4) is 0 Å². The average molecular weight is 358 g/mol. The van der Waals surface area contributed by atoms with Crippen LogP contribution in [0.15, 0.2) is 48.5 Å². The molecule has 1 heterocycles. The maximum Gasteiger partial charge on any atom is 0.209 e. The normalized spacial score (nSPS) is 16.9. The van der Waals surface area contributed by atoms with Crippen molar-refractivity contribution in [2.75, 3.05) is 31.1 Å². The van der Waals surface area contributed by atoms with Gasteiger partial charge in [0.25, 0.3) is 0 Å². The number of anilines is 1. The van der Waals surface area contributed by atoms with Gasteiger partial charge in [-0.2, -0.15) is 5.26 Å². The van der Waals surface area contributed by atoms with Crippen LogP contribution in [0.4, 0.5) is 10.1 Å². The van der Waals surface area contributed by atoms with Crippen molar-refractivity contribution < 1.29 is 4.39 Å².